The van der Waals surface area contributed by atoms with E-state index in [0.29, 0.717) is 11.3 Å². The number of halogens is 3. The molecule has 1 amide bonds. The van der Waals surface area contributed by atoms with Gasteiger partial charge in [0.2, 0.25) is 5.91 Å². The molecule has 0 bridgehead atoms. The van der Waals surface area contributed by atoms with E-state index >= 15 is 0 Å². The Morgan fingerprint density at radius 2 is 1.86 bits per heavy atom. The molecule has 0 radical (unpaired) electrons. The average Bonchev–Trinajstić information content (AvgIpc) is 2.73. The lowest BCUT2D eigenvalue weighted by atomic mass is 10.1. The van der Waals surface area contributed by atoms with E-state index in [1.54, 1.807) is 18.5 Å². The molecule has 0 atom stereocenters. The van der Waals surface area contributed by atoms with Gasteiger partial charge in [0.1, 0.15) is 6.54 Å². The standard InChI is InChI=1S/C15H16F3N3O/c1-10-13(8-14(22)19-9-15(16,17)18)11(2)21(20-10)12-6-4-3-5-7-12/h3-7H,8-9H2,1-2H3,(H,19,22). The van der Waals surface area contributed by atoms with E-state index in [2.05, 4.69) is 5.10 Å². The van der Waals surface area contributed by atoms with Crippen LogP contribution in [-0.4, -0.2) is 28.4 Å². The van der Waals surface area contributed by atoms with Gasteiger partial charge in [-0.05, 0) is 26.0 Å². The molecule has 0 aliphatic carbocycles. The van der Waals surface area contributed by atoms with Gasteiger partial charge >= 0.3 is 6.18 Å². The van der Waals surface area contributed by atoms with Crippen molar-refractivity contribution >= 4 is 5.91 Å². The fourth-order valence-corrected chi connectivity index (χ4v) is 2.17. The molecule has 4 nitrogen and oxygen atoms in total. The molecule has 0 aliphatic rings. The summed E-state index contributed by atoms with van der Waals surface area (Å²) in [5.74, 6) is -0.670. The fraction of sp³-hybridized carbons (Fsp3) is 0.333. The fourth-order valence-electron chi connectivity index (χ4n) is 2.17. The first kappa shape index (κ1) is 16.1. The Bertz CT molecular complexity index is 663. The van der Waals surface area contributed by atoms with Gasteiger partial charge in [0.05, 0.1) is 17.8 Å². The summed E-state index contributed by atoms with van der Waals surface area (Å²) < 4.78 is 38.0. The molecule has 0 saturated heterocycles. The molecule has 1 heterocycles. The third-order valence-electron chi connectivity index (χ3n) is 3.27. The Hall–Kier alpha value is -2.31. The van der Waals surface area contributed by atoms with E-state index in [9.17, 15) is 18.0 Å². The smallest absolute Gasteiger partial charge is 0.347 e. The lowest BCUT2D eigenvalue weighted by Crippen LogP contribution is -2.34. The topological polar surface area (TPSA) is 46.9 Å². The minimum Gasteiger partial charge on any atom is -0.347 e. The van der Waals surface area contributed by atoms with Crippen molar-refractivity contribution in [2.45, 2.75) is 26.4 Å². The van der Waals surface area contributed by atoms with Gasteiger partial charge < -0.3 is 5.32 Å². The maximum absolute atomic E-state index is 12.1. The van der Waals surface area contributed by atoms with Gasteiger partial charge in [-0.25, -0.2) is 4.68 Å². The Labute approximate surface area is 125 Å². The number of aryl methyl sites for hydroxylation is 1. The highest BCUT2D eigenvalue weighted by Gasteiger charge is 2.28. The van der Waals surface area contributed by atoms with E-state index in [-0.39, 0.29) is 6.42 Å². The van der Waals surface area contributed by atoms with Crippen molar-refractivity contribution in [3.05, 3.63) is 47.3 Å². The zero-order valence-corrected chi connectivity index (χ0v) is 12.2. The van der Waals surface area contributed by atoms with Gasteiger partial charge in [0.25, 0.3) is 0 Å². The summed E-state index contributed by atoms with van der Waals surface area (Å²) in [5, 5.41) is 6.23. The van der Waals surface area contributed by atoms with Crippen LogP contribution in [0.1, 0.15) is 17.0 Å². The Morgan fingerprint density at radius 3 is 2.45 bits per heavy atom. The predicted molar refractivity (Wildman–Crippen MR) is 75.8 cm³/mol. The van der Waals surface area contributed by atoms with Crippen molar-refractivity contribution in [2.24, 2.45) is 0 Å². The predicted octanol–water partition coefficient (Wildman–Crippen LogP) is 2.71. The van der Waals surface area contributed by atoms with Crippen LogP contribution in [0.5, 0.6) is 0 Å². The number of carbonyl (C=O) groups is 1. The van der Waals surface area contributed by atoms with Crippen LogP contribution >= 0.6 is 0 Å². The maximum atomic E-state index is 12.1. The normalized spacial score (nSPS) is 11.5. The number of nitrogens with one attached hydrogen (secondary N) is 1. The number of amides is 1. The minimum atomic E-state index is -4.41. The Kier molecular flexibility index (Phi) is 4.54. The van der Waals surface area contributed by atoms with Crippen LogP contribution in [0, 0.1) is 13.8 Å². The summed E-state index contributed by atoms with van der Waals surface area (Å²) in [5.41, 5.74) is 2.85. The van der Waals surface area contributed by atoms with E-state index in [0.717, 1.165) is 11.4 Å². The number of rotatable bonds is 4. The zero-order chi connectivity index (χ0) is 16.3. The molecule has 7 heteroatoms. The molecule has 0 unspecified atom stereocenters. The summed E-state index contributed by atoms with van der Waals surface area (Å²) in [7, 11) is 0. The van der Waals surface area contributed by atoms with Crippen molar-refractivity contribution in [1.29, 1.82) is 0 Å². The van der Waals surface area contributed by atoms with Gasteiger partial charge in [-0.3, -0.25) is 4.79 Å². The monoisotopic (exact) mass is 311 g/mol. The number of nitrogens with zero attached hydrogens (tertiary/aromatic N) is 2. The van der Waals surface area contributed by atoms with Gasteiger partial charge in [0, 0.05) is 11.3 Å². The number of benzene rings is 1. The number of aromatic nitrogens is 2. The second-order valence-electron chi connectivity index (χ2n) is 4.97. The summed E-state index contributed by atoms with van der Waals surface area (Å²) in [6, 6.07) is 9.34. The lowest BCUT2D eigenvalue weighted by Gasteiger charge is -2.09. The quantitative estimate of drug-likeness (QED) is 0.944. The van der Waals surface area contributed by atoms with Gasteiger partial charge in [-0.15, -0.1) is 0 Å². The molecule has 0 aliphatic heterocycles. The largest absolute Gasteiger partial charge is 0.405 e. The first-order valence-electron chi connectivity index (χ1n) is 6.72. The molecule has 0 saturated carbocycles. The average molecular weight is 311 g/mol. The van der Waals surface area contributed by atoms with Crippen LogP contribution in [0.25, 0.3) is 5.69 Å². The van der Waals surface area contributed by atoms with Crippen molar-refractivity contribution in [2.75, 3.05) is 6.54 Å². The molecule has 2 aromatic rings. The maximum Gasteiger partial charge on any atom is 0.405 e. The van der Waals surface area contributed by atoms with Crippen LogP contribution in [0.4, 0.5) is 13.2 Å². The molecule has 1 aromatic carbocycles. The van der Waals surface area contributed by atoms with Crippen LogP contribution in [0.15, 0.2) is 30.3 Å². The summed E-state index contributed by atoms with van der Waals surface area (Å²) in [6.45, 7) is 2.20. The molecule has 118 valence electrons. The van der Waals surface area contributed by atoms with E-state index in [1.807, 2.05) is 35.6 Å². The summed E-state index contributed by atoms with van der Waals surface area (Å²) in [4.78, 5) is 11.7. The zero-order valence-electron chi connectivity index (χ0n) is 12.2. The van der Waals surface area contributed by atoms with Crippen LogP contribution in [-0.2, 0) is 11.2 Å². The SMILES string of the molecule is Cc1nn(-c2ccccc2)c(C)c1CC(=O)NCC(F)(F)F. The highest BCUT2D eigenvalue weighted by atomic mass is 19.4. The van der Waals surface area contributed by atoms with Gasteiger partial charge in [0.15, 0.2) is 0 Å². The third-order valence-corrected chi connectivity index (χ3v) is 3.27. The van der Waals surface area contributed by atoms with Crippen molar-refractivity contribution in [1.82, 2.24) is 15.1 Å². The Morgan fingerprint density at radius 1 is 1.23 bits per heavy atom. The number of para-hydroxylation sites is 1. The number of hydrogen-bond acceptors (Lipinski definition) is 2. The second kappa shape index (κ2) is 6.21. The molecular formula is C15H16F3N3O. The van der Waals surface area contributed by atoms with Crippen molar-refractivity contribution in [3.63, 3.8) is 0 Å². The van der Waals surface area contributed by atoms with Gasteiger partial charge in [-0.1, -0.05) is 18.2 Å². The third kappa shape index (κ3) is 3.87. The first-order valence-corrected chi connectivity index (χ1v) is 6.72. The van der Waals surface area contributed by atoms with E-state index in [4.69, 9.17) is 0 Å². The van der Waals surface area contributed by atoms with Crippen LogP contribution < -0.4 is 5.32 Å². The van der Waals surface area contributed by atoms with Crippen LogP contribution in [0.2, 0.25) is 0 Å². The molecule has 1 N–H and O–H groups in total. The first-order chi connectivity index (χ1) is 10.3. The van der Waals surface area contributed by atoms with Gasteiger partial charge in [-0.2, -0.15) is 18.3 Å². The van der Waals surface area contributed by atoms with Crippen molar-refractivity contribution in [3.8, 4) is 5.69 Å². The highest BCUT2D eigenvalue weighted by molar-refractivity contribution is 5.79. The van der Waals surface area contributed by atoms with E-state index in [1.165, 1.54) is 0 Å². The number of alkyl halides is 3. The molecule has 22 heavy (non-hydrogen) atoms. The number of carbonyl (C=O) groups excluding carboxylic acids is 1. The molecule has 0 spiro atoms. The number of hydrogen-bond donors (Lipinski definition) is 1. The molecule has 1 aromatic heterocycles. The highest BCUT2D eigenvalue weighted by Crippen LogP contribution is 2.18. The van der Waals surface area contributed by atoms with Crippen LogP contribution in [0.3, 0.4) is 0 Å². The second-order valence-corrected chi connectivity index (χ2v) is 4.97. The van der Waals surface area contributed by atoms with Crippen molar-refractivity contribution < 1.29 is 18.0 Å². The lowest BCUT2D eigenvalue weighted by molar-refractivity contribution is -0.138. The summed E-state index contributed by atoms with van der Waals surface area (Å²) in [6.07, 6.45) is -4.53. The minimum absolute atomic E-state index is 0.124. The molecule has 2 rings (SSSR count). The van der Waals surface area contributed by atoms with E-state index < -0.39 is 18.6 Å². The summed E-state index contributed by atoms with van der Waals surface area (Å²) >= 11 is 0. The Balaban J connectivity index is 2.16. The molecule has 0 fully saturated rings. The molecular weight excluding hydrogens is 295 g/mol.